The molecule has 1 amide bonds. The quantitative estimate of drug-likeness (QED) is 0.396. The van der Waals surface area contributed by atoms with Gasteiger partial charge in [0.25, 0.3) is 11.6 Å². The topological polar surface area (TPSA) is 88.4 Å². The van der Waals surface area contributed by atoms with Gasteiger partial charge in [0.15, 0.2) is 0 Å². The molecule has 1 unspecified atom stereocenters. The smallest absolute Gasteiger partial charge is 0.293 e. The number of nitro benzene ring substituents is 1. The van der Waals surface area contributed by atoms with Gasteiger partial charge in [0.2, 0.25) is 0 Å². The number of anilines is 1. The predicted molar refractivity (Wildman–Crippen MR) is 121 cm³/mol. The van der Waals surface area contributed by atoms with Crippen molar-refractivity contribution in [1.29, 1.82) is 0 Å². The first-order chi connectivity index (χ1) is 15.0. The average molecular weight is 418 g/mol. The van der Waals surface area contributed by atoms with Crippen molar-refractivity contribution in [2.24, 2.45) is 0 Å². The molecule has 0 saturated carbocycles. The standard InChI is InChI=1S/C24H26N4O3/c1-18(21-12-6-7-15-25-21)26-22-14-13-20(17-23(22)28(30)31)24(29)27(2)16-8-11-19-9-4-3-5-10-19/h3-7,9-10,12-15,17-18,26H,8,11,16H2,1-2H3. The fourth-order valence-corrected chi connectivity index (χ4v) is 3.36. The van der Waals surface area contributed by atoms with Crippen LogP contribution in [0, 0.1) is 10.1 Å². The van der Waals surface area contributed by atoms with Crippen LogP contribution in [-0.4, -0.2) is 34.3 Å². The third-order valence-corrected chi connectivity index (χ3v) is 5.09. The fourth-order valence-electron chi connectivity index (χ4n) is 3.36. The van der Waals surface area contributed by atoms with E-state index in [4.69, 9.17) is 0 Å². The lowest BCUT2D eigenvalue weighted by Gasteiger charge is -2.18. The molecule has 1 aromatic heterocycles. The Balaban J connectivity index is 1.67. The van der Waals surface area contributed by atoms with Crippen LogP contribution < -0.4 is 5.32 Å². The first-order valence-corrected chi connectivity index (χ1v) is 10.2. The van der Waals surface area contributed by atoms with Crippen molar-refractivity contribution in [3.63, 3.8) is 0 Å². The van der Waals surface area contributed by atoms with Gasteiger partial charge in [-0.25, -0.2) is 0 Å². The second-order valence-electron chi connectivity index (χ2n) is 7.43. The van der Waals surface area contributed by atoms with E-state index >= 15 is 0 Å². The van der Waals surface area contributed by atoms with Crippen LogP contribution >= 0.6 is 0 Å². The molecule has 0 spiro atoms. The first kappa shape index (κ1) is 22.0. The van der Waals surface area contributed by atoms with E-state index in [1.54, 1.807) is 30.3 Å². The minimum atomic E-state index is -0.473. The minimum absolute atomic E-state index is 0.133. The van der Waals surface area contributed by atoms with Crippen LogP contribution in [0.3, 0.4) is 0 Å². The van der Waals surface area contributed by atoms with Gasteiger partial charge in [-0.05, 0) is 49.6 Å². The Kier molecular flexibility index (Phi) is 7.32. The van der Waals surface area contributed by atoms with Crippen molar-refractivity contribution in [2.45, 2.75) is 25.8 Å². The van der Waals surface area contributed by atoms with E-state index in [1.807, 2.05) is 43.3 Å². The summed E-state index contributed by atoms with van der Waals surface area (Å²) < 4.78 is 0. The fraction of sp³-hybridized carbons (Fsp3) is 0.250. The summed E-state index contributed by atoms with van der Waals surface area (Å²) >= 11 is 0. The molecule has 7 nitrogen and oxygen atoms in total. The number of hydrogen-bond acceptors (Lipinski definition) is 5. The molecular weight excluding hydrogens is 392 g/mol. The monoisotopic (exact) mass is 418 g/mol. The number of hydrogen-bond donors (Lipinski definition) is 1. The summed E-state index contributed by atoms with van der Waals surface area (Å²) in [7, 11) is 1.72. The number of nitrogens with zero attached hydrogens (tertiary/aromatic N) is 3. The zero-order chi connectivity index (χ0) is 22.2. The van der Waals surface area contributed by atoms with E-state index < -0.39 is 4.92 Å². The highest BCUT2D eigenvalue weighted by atomic mass is 16.6. The van der Waals surface area contributed by atoms with E-state index in [0.717, 1.165) is 18.5 Å². The Bertz CT molecular complexity index is 1030. The number of nitro groups is 1. The van der Waals surface area contributed by atoms with E-state index in [0.29, 0.717) is 17.8 Å². The molecule has 0 aliphatic heterocycles. The molecule has 2 aromatic carbocycles. The normalized spacial score (nSPS) is 11.5. The number of carbonyl (C=O) groups excluding carboxylic acids is 1. The average Bonchev–Trinajstić information content (AvgIpc) is 2.80. The van der Waals surface area contributed by atoms with Gasteiger partial charge in [-0.3, -0.25) is 19.9 Å². The first-order valence-electron chi connectivity index (χ1n) is 10.2. The van der Waals surface area contributed by atoms with Crippen molar-refractivity contribution in [3.05, 3.63) is 99.9 Å². The van der Waals surface area contributed by atoms with Crippen LogP contribution in [0.2, 0.25) is 0 Å². The molecule has 0 fully saturated rings. The number of pyridine rings is 1. The molecule has 160 valence electrons. The van der Waals surface area contributed by atoms with Crippen LogP contribution in [0.4, 0.5) is 11.4 Å². The van der Waals surface area contributed by atoms with Gasteiger partial charge in [-0.15, -0.1) is 0 Å². The summed E-state index contributed by atoms with van der Waals surface area (Å²) in [4.78, 5) is 29.8. The number of amides is 1. The van der Waals surface area contributed by atoms with Gasteiger partial charge in [0.1, 0.15) is 5.69 Å². The molecule has 0 aliphatic rings. The molecule has 0 saturated heterocycles. The molecule has 0 aliphatic carbocycles. The van der Waals surface area contributed by atoms with Crippen LogP contribution in [0.1, 0.15) is 41.0 Å². The maximum absolute atomic E-state index is 12.8. The van der Waals surface area contributed by atoms with Gasteiger partial charge in [0.05, 0.1) is 16.7 Å². The van der Waals surface area contributed by atoms with Crippen molar-refractivity contribution < 1.29 is 9.72 Å². The molecule has 31 heavy (non-hydrogen) atoms. The third kappa shape index (κ3) is 5.88. The Morgan fingerprint density at radius 3 is 2.55 bits per heavy atom. The second kappa shape index (κ2) is 10.3. The zero-order valence-electron chi connectivity index (χ0n) is 17.7. The summed E-state index contributed by atoms with van der Waals surface area (Å²) in [6.45, 7) is 2.45. The summed E-state index contributed by atoms with van der Waals surface area (Å²) in [5, 5.41) is 14.8. The SMILES string of the molecule is CC(Nc1ccc(C(=O)N(C)CCCc2ccccc2)cc1[N+](=O)[O-])c1ccccn1. The maximum Gasteiger partial charge on any atom is 0.293 e. The van der Waals surface area contributed by atoms with Gasteiger partial charge in [-0.1, -0.05) is 36.4 Å². The van der Waals surface area contributed by atoms with Gasteiger partial charge in [-0.2, -0.15) is 0 Å². The molecule has 1 heterocycles. The number of nitrogens with one attached hydrogen (secondary N) is 1. The molecule has 3 rings (SSSR count). The van der Waals surface area contributed by atoms with E-state index in [2.05, 4.69) is 22.4 Å². The molecule has 3 aromatic rings. The maximum atomic E-state index is 12.8. The van der Waals surface area contributed by atoms with E-state index in [1.165, 1.54) is 11.6 Å². The number of aromatic nitrogens is 1. The molecule has 7 heteroatoms. The van der Waals surface area contributed by atoms with E-state index in [9.17, 15) is 14.9 Å². The Morgan fingerprint density at radius 2 is 1.87 bits per heavy atom. The molecule has 1 atom stereocenters. The van der Waals surface area contributed by atoms with Crippen molar-refractivity contribution in [1.82, 2.24) is 9.88 Å². The lowest BCUT2D eigenvalue weighted by atomic mass is 10.1. The van der Waals surface area contributed by atoms with Crippen molar-refractivity contribution in [3.8, 4) is 0 Å². The van der Waals surface area contributed by atoms with Crippen LogP contribution in [-0.2, 0) is 6.42 Å². The molecular formula is C24H26N4O3. The van der Waals surface area contributed by atoms with Crippen LogP contribution in [0.25, 0.3) is 0 Å². The zero-order valence-corrected chi connectivity index (χ0v) is 17.7. The second-order valence-corrected chi connectivity index (χ2v) is 7.43. The molecule has 1 N–H and O–H groups in total. The Morgan fingerprint density at radius 1 is 1.13 bits per heavy atom. The molecule has 0 radical (unpaired) electrons. The number of rotatable bonds is 9. The highest BCUT2D eigenvalue weighted by molar-refractivity contribution is 5.95. The highest BCUT2D eigenvalue weighted by Gasteiger charge is 2.21. The number of aryl methyl sites for hydroxylation is 1. The molecule has 0 bridgehead atoms. The van der Waals surface area contributed by atoms with Gasteiger partial charge < -0.3 is 10.2 Å². The predicted octanol–water partition coefficient (Wildman–Crippen LogP) is 4.87. The Labute approximate surface area is 181 Å². The summed E-state index contributed by atoms with van der Waals surface area (Å²) in [6.07, 6.45) is 3.36. The van der Waals surface area contributed by atoms with Gasteiger partial charge in [0, 0.05) is 31.4 Å². The lowest BCUT2D eigenvalue weighted by Crippen LogP contribution is -2.28. The summed E-state index contributed by atoms with van der Waals surface area (Å²) in [5.74, 6) is -0.236. The minimum Gasteiger partial charge on any atom is -0.371 e. The third-order valence-electron chi connectivity index (χ3n) is 5.09. The summed E-state index contributed by atoms with van der Waals surface area (Å²) in [6, 6.07) is 19.9. The van der Waals surface area contributed by atoms with Crippen LogP contribution in [0.15, 0.2) is 72.9 Å². The highest BCUT2D eigenvalue weighted by Crippen LogP contribution is 2.29. The van der Waals surface area contributed by atoms with Gasteiger partial charge >= 0.3 is 0 Å². The number of carbonyl (C=O) groups is 1. The summed E-state index contributed by atoms with van der Waals surface area (Å²) in [5.41, 5.74) is 2.51. The van der Waals surface area contributed by atoms with E-state index in [-0.39, 0.29) is 17.6 Å². The largest absolute Gasteiger partial charge is 0.371 e. The van der Waals surface area contributed by atoms with Crippen molar-refractivity contribution >= 4 is 17.3 Å². The Hall–Kier alpha value is -3.74. The van der Waals surface area contributed by atoms with Crippen LogP contribution in [0.5, 0.6) is 0 Å². The number of benzene rings is 2. The lowest BCUT2D eigenvalue weighted by molar-refractivity contribution is -0.384. The van der Waals surface area contributed by atoms with Crippen molar-refractivity contribution in [2.75, 3.05) is 18.9 Å².